The van der Waals surface area contributed by atoms with Gasteiger partial charge in [-0.2, -0.15) is 0 Å². The van der Waals surface area contributed by atoms with E-state index in [1.54, 1.807) is 12.1 Å². The Kier molecular flexibility index (Phi) is 8.11. The monoisotopic (exact) mass is 539 g/mol. The van der Waals surface area contributed by atoms with E-state index in [-0.39, 0.29) is 29.5 Å². The lowest BCUT2D eigenvalue weighted by atomic mass is 9.76. The molecule has 5 nitrogen and oxygen atoms in total. The summed E-state index contributed by atoms with van der Waals surface area (Å²) in [6.45, 7) is 5.87. The number of halogens is 2. The molecule has 38 heavy (non-hydrogen) atoms. The topological polar surface area (TPSA) is 43.9 Å². The minimum absolute atomic E-state index is 0. The molecule has 204 valence electrons. The summed E-state index contributed by atoms with van der Waals surface area (Å²) in [4.78, 5) is 33.0. The second-order valence-corrected chi connectivity index (χ2v) is 11.9. The Labute approximate surface area is 231 Å². The van der Waals surface area contributed by atoms with Gasteiger partial charge in [-0.3, -0.25) is 9.59 Å². The van der Waals surface area contributed by atoms with Crippen molar-refractivity contribution >= 4 is 24.2 Å². The quantitative estimate of drug-likeness (QED) is 0.491. The van der Waals surface area contributed by atoms with Crippen LogP contribution in [-0.4, -0.2) is 65.8 Å². The number of amides is 2. The molecule has 2 amide bonds. The number of hydrogen-bond donors (Lipinski definition) is 0. The highest BCUT2D eigenvalue weighted by Crippen LogP contribution is 2.43. The van der Waals surface area contributed by atoms with Crippen LogP contribution in [0.1, 0.15) is 55.6 Å². The predicted octanol–water partition coefficient (Wildman–Crippen LogP) is 5.10. The number of rotatable bonds is 7. The predicted molar refractivity (Wildman–Crippen MR) is 148 cm³/mol. The molecule has 7 heteroatoms. The van der Waals surface area contributed by atoms with Gasteiger partial charge in [0.2, 0.25) is 11.8 Å². The zero-order valence-electron chi connectivity index (χ0n) is 22.1. The van der Waals surface area contributed by atoms with Crippen molar-refractivity contribution in [3.63, 3.8) is 0 Å². The Morgan fingerprint density at radius 3 is 2.29 bits per heavy atom. The van der Waals surface area contributed by atoms with Crippen LogP contribution < -0.4 is 0 Å². The third-order valence-electron chi connectivity index (χ3n) is 9.38. The van der Waals surface area contributed by atoms with E-state index >= 15 is 0 Å². The highest BCUT2D eigenvalue weighted by Gasteiger charge is 2.48. The third-order valence-corrected chi connectivity index (χ3v) is 9.38. The molecular weight excluding hydrogens is 501 g/mol. The van der Waals surface area contributed by atoms with Gasteiger partial charge in [-0.05, 0) is 80.3 Å². The molecule has 1 unspecified atom stereocenters. The first-order valence-electron chi connectivity index (χ1n) is 14.1. The van der Waals surface area contributed by atoms with Gasteiger partial charge in [-0.15, -0.1) is 12.4 Å². The highest BCUT2D eigenvalue weighted by atomic mass is 35.5. The molecule has 0 radical (unpaired) electrons. The van der Waals surface area contributed by atoms with E-state index in [4.69, 9.17) is 0 Å². The number of carbonyl (C=O) groups is 2. The Hall–Kier alpha value is -2.44. The largest absolute Gasteiger partial charge is 0.342 e. The van der Waals surface area contributed by atoms with Crippen LogP contribution in [0.15, 0.2) is 54.6 Å². The highest BCUT2D eigenvalue weighted by molar-refractivity contribution is 5.85. The smallest absolute Gasteiger partial charge is 0.229 e. The zero-order valence-corrected chi connectivity index (χ0v) is 22.9. The SMILES string of the molecule is Cl.O=C(CC1CC1)N1CC(c2ccccc2)[C@@H](CN2CCC3(CC2)CCN(Cc2ccc(F)cc2)C3=O)C1. The molecule has 4 fully saturated rings. The first-order valence-corrected chi connectivity index (χ1v) is 14.1. The Morgan fingerprint density at radius 2 is 1.61 bits per heavy atom. The number of benzene rings is 2. The lowest BCUT2D eigenvalue weighted by Gasteiger charge is -2.39. The second kappa shape index (κ2) is 11.4. The van der Waals surface area contributed by atoms with Crippen molar-refractivity contribution in [1.82, 2.24) is 14.7 Å². The maximum Gasteiger partial charge on any atom is 0.229 e. The van der Waals surface area contributed by atoms with Crippen LogP contribution >= 0.6 is 12.4 Å². The van der Waals surface area contributed by atoms with Crippen LogP contribution in [0.5, 0.6) is 0 Å². The van der Waals surface area contributed by atoms with Gasteiger partial charge in [-0.25, -0.2) is 4.39 Å². The molecule has 3 saturated heterocycles. The Morgan fingerprint density at radius 1 is 0.921 bits per heavy atom. The van der Waals surface area contributed by atoms with Gasteiger partial charge < -0.3 is 14.7 Å². The van der Waals surface area contributed by atoms with Crippen molar-refractivity contribution in [2.75, 3.05) is 39.3 Å². The van der Waals surface area contributed by atoms with Crippen LogP contribution in [0.2, 0.25) is 0 Å². The van der Waals surface area contributed by atoms with Crippen molar-refractivity contribution in [3.05, 3.63) is 71.5 Å². The van der Waals surface area contributed by atoms with Gasteiger partial charge in [0.1, 0.15) is 5.82 Å². The molecule has 2 atom stereocenters. The van der Waals surface area contributed by atoms with Gasteiger partial charge in [0, 0.05) is 45.1 Å². The van der Waals surface area contributed by atoms with E-state index in [9.17, 15) is 14.0 Å². The Balaban J connectivity index is 0.00000294. The van der Waals surface area contributed by atoms with Gasteiger partial charge in [0.05, 0.1) is 5.41 Å². The number of piperidine rings is 1. The summed E-state index contributed by atoms with van der Waals surface area (Å²) in [5.41, 5.74) is 2.08. The van der Waals surface area contributed by atoms with Crippen LogP contribution in [0.3, 0.4) is 0 Å². The number of hydrogen-bond acceptors (Lipinski definition) is 3. The fourth-order valence-electron chi connectivity index (χ4n) is 6.85. The molecule has 4 aliphatic rings. The molecule has 1 saturated carbocycles. The molecule has 0 aromatic heterocycles. The first-order chi connectivity index (χ1) is 18.0. The number of carbonyl (C=O) groups excluding carboxylic acids is 2. The van der Waals surface area contributed by atoms with E-state index in [0.29, 0.717) is 30.2 Å². The molecule has 6 rings (SSSR count). The molecule has 1 spiro atoms. The van der Waals surface area contributed by atoms with Crippen LogP contribution in [0.25, 0.3) is 0 Å². The van der Waals surface area contributed by atoms with Crippen LogP contribution in [0, 0.1) is 23.1 Å². The van der Waals surface area contributed by atoms with Gasteiger partial charge in [-0.1, -0.05) is 42.5 Å². The average Bonchev–Trinajstić information content (AvgIpc) is 3.56. The lowest BCUT2D eigenvalue weighted by molar-refractivity contribution is -0.139. The maximum absolute atomic E-state index is 13.4. The first kappa shape index (κ1) is 27.1. The summed E-state index contributed by atoms with van der Waals surface area (Å²) in [6.07, 6.45) is 5.86. The molecule has 3 heterocycles. The number of likely N-dealkylation sites (tertiary alicyclic amines) is 3. The molecule has 2 aromatic rings. The molecule has 0 N–H and O–H groups in total. The molecular formula is C31H39ClFN3O2. The van der Waals surface area contributed by atoms with E-state index < -0.39 is 0 Å². The number of nitrogens with zero attached hydrogens (tertiary/aromatic N) is 3. The standard InChI is InChI=1S/C31H38FN3O2.ClH/c32-27-10-8-24(9-11-27)19-34-17-14-31(30(34)37)12-15-33(16-13-31)20-26-21-35(29(36)18-23-6-7-23)22-28(26)25-4-2-1-3-5-25;/h1-5,8-11,23,26,28H,6-7,12-22H2;1H/t26-,28?;/m0./s1. The summed E-state index contributed by atoms with van der Waals surface area (Å²) in [7, 11) is 0. The minimum atomic E-state index is -0.243. The molecule has 3 aliphatic heterocycles. The summed E-state index contributed by atoms with van der Waals surface area (Å²) in [5.74, 6) is 1.78. The maximum atomic E-state index is 13.4. The normalized spacial score (nSPS) is 25.1. The van der Waals surface area contributed by atoms with E-state index in [1.165, 1.54) is 30.5 Å². The van der Waals surface area contributed by atoms with E-state index in [0.717, 1.165) is 70.5 Å². The lowest BCUT2D eigenvalue weighted by Crippen LogP contribution is -2.46. The van der Waals surface area contributed by atoms with Crippen molar-refractivity contribution in [2.24, 2.45) is 17.3 Å². The van der Waals surface area contributed by atoms with Gasteiger partial charge in [0.25, 0.3) is 0 Å². The zero-order chi connectivity index (χ0) is 25.4. The van der Waals surface area contributed by atoms with Crippen molar-refractivity contribution in [1.29, 1.82) is 0 Å². The summed E-state index contributed by atoms with van der Waals surface area (Å²) >= 11 is 0. The van der Waals surface area contributed by atoms with Crippen LogP contribution in [0.4, 0.5) is 4.39 Å². The van der Waals surface area contributed by atoms with Crippen molar-refractivity contribution in [2.45, 2.75) is 51.0 Å². The summed E-state index contributed by atoms with van der Waals surface area (Å²) in [5, 5.41) is 0. The van der Waals surface area contributed by atoms with Crippen molar-refractivity contribution in [3.8, 4) is 0 Å². The molecule has 1 aliphatic carbocycles. The average molecular weight is 540 g/mol. The third kappa shape index (κ3) is 5.76. The second-order valence-electron chi connectivity index (χ2n) is 11.9. The van der Waals surface area contributed by atoms with Crippen molar-refractivity contribution < 1.29 is 14.0 Å². The molecule has 2 aromatic carbocycles. The van der Waals surface area contributed by atoms with E-state index in [2.05, 4.69) is 40.1 Å². The minimum Gasteiger partial charge on any atom is -0.342 e. The van der Waals surface area contributed by atoms with Gasteiger partial charge >= 0.3 is 0 Å². The van der Waals surface area contributed by atoms with E-state index in [1.807, 2.05) is 4.90 Å². The summed E-state index contributed by atoms with van der Waals surface area (Å²) in [6, 6.07) is 17.2. The van der Waals surface area contributed by atoms with Crippen LogP contribution in [-0.2, 0) is 16.1 Å². The molecule has 0 bridgehead atoms. The van der Waals surface area contributed by atoms with Gasteiger partial charge in [0.15, 0.2) is 0 Å². The fraction of sp³-hybridized carbons (Fsp3) is 0.548. The Bertz CT molecular complexity index is 1120. The fourth-order valence-corrected chi connectivity index (χ4v) is 6.85. The summed E-state index contributed by atoms with van der Waals surface area (Å²) < 4.78 is 13.3.